The first-order chi connectivity index (χ1) is 16.7. The number of rotatable bonds is 6. The fourth-order valence-corrected chi connectivity index (χ4v) is 4.94. The van der Waals surface area contributed by atoms with E-state index in [9.17, 15) is 14.7 Å². The number of pyridine rings is 1. The number of benzene rings is 1. The van der Waals surface area contributed by atoms with Crippen molar-refractivity contribution in [2.75, 3.05) is 6.54 Å². The van der Waals surface area contributed by atoms with Crippen molar-refractivity contribution in [1.82, 2.24) is 30.2 Å². The van der Waals surface area contributed by atoms with Crippen molar-refractivity contribution in [1.29, 1.82) is 0 Å². The molecule has 0 bridgehead atoms. The Morgan fingerprint density at radius 3 is 2.71 bits per heavy atom. The van der Waals surface area contributed by atoms with E-state index < -0.39 is 23.6 Å². The molecular formula is C26H32N6O3. The molecule has 2 N–H and O–H groups in total. The Labute approximate surface area is 204 Å². The number of hydrogen-bond acceptors (Lipinski definition) is 6. The lowest BCUT2D eigenvalue weighted by atomic mass is 9.85. The molecular weight excluding hydrogens is 444 g/mol. The molecule has 2 aromatic heterocycles. The van der Waals surface area contributed by atoms with Gasteiger partial charge >= 0.3 is 0 Å². The van der Waals surface area contributed by atoms with Gasteiger partial charge in [-0.2, -0.15) is 0 Å². The summed E-state index contributed by atoms with van der Waals surface area (Å²) in [6, 6.07) is 8.41. The van der Waals surface area contributed by atoms with Crippen LogP contribution in [0.15, 0.2) is 42.7 Å². The molecule has 1 aliphatic heterocycles. The fourth-order valence-electron chi connectivity index (χ4n) is 4.94. The normalized spacial score (nSPS) is 21.3. The summed E-state index contributed by atoms with van der Waals surface area (Å²) < 4.78 is 1.63. The van der Waals surface area contributed by atoms with Crippen molar-refractivity contribution in [3.63, 3.8) is 0 Å². The zero-order chi connectivity index (χ0) is 24.7. The summed E-state index contributed by atoms with van der Waals surface area (Å²) in [5, 5.41) is 23.9. The first-order valence-corrected chi connectivity index (χ1v) is 12.2. The SMILES string of the molecule is CC(C)(C)[C@@H](C(=O)N1CC(O)CC1C(=O)NCc1nccc2ccccc12)n1cc(C2CC2)nn1. The van der Waals surface area contributed by atoms with Gasteiger partial charge in [0.15, 0.2) is 0 Å². The monoisotopic (exact) mass is 476 g/mol. The number of aliphatic hydroxyl groups excluding tert-OH is 1. The number of carbonyl (C=O) groups excluding carboxylic acids is 2. The lowest BCUT2D eigenvalue weighted by molar-refractivity contribution is -0.144. The van der Waals surface area contributed by atoms with E-state index in [2.05, 4.69) is 20.6 Å². The molecule has 2 aliphatic rings. The third-order valence-electron chi connectivity index (χ3n) is 6.89. The maximum Gasteiger partial charge on any atom is 0.248 e. The average molecular weight is 477 g/mol. The highest BCUT2D eigenvalue weighted by Crippen LogP contribution is 2.40. The number of hydrogen-bond donors (Lipinski definition) is 2. The minimum Gasteiger partial charge on any atom is -0.391 e. The van der Waals surface area contributed by atoms with E-state index >= 15 is 0 Å². The Kier molecular flexibility index (Phi) is 6.04. The van der Waals surface area contributed by atoms with Crippen LogP contribution < -0.4 is 5.32 Å². The Hall–Kier alpha value is -3.33. The lowest BCUT2D eigenvalue weighted by Crippen LogP contribution is -2.50. The van der Waals surface area contributed by atoms with Crippen LogP contribution in [0.4, 0.5) is 0 Å². The van der Waals surface area contributed by atoms with Crippen LogP contribution in [0.25, 0.3) is 10.8 Å². The molecule has 3 atom stereocenters. The number of carbonyl (C=O) groups is 2. The molecule has 1 aliphatic carbocycles. The number of β-amino-alcohol motifs (C(OH)–C–C–N with tert-alkyl or cyclic N) is 1. The minimum atomic E-state index is -0.760. The first-order valence-electron chi connectivity index (χ1n) is 12.2. The molecule has 9 heteroatoms. The highest BCUT2D eigenvalue weighted by Gasteiger charge is 2.45. The van der Waals surface area contributed by atoms with Crippen molar-refractivity contribution in [3.8, 4) is 0 Å². The van der Waals surface area contributed by atoms with Gasteiger partial charge in [0.2, 0.25) is 11.8 Å². The van der Waals surface area contributed by atoms with E-state index in [4.69, 9.17) is 0 Å². The van der Waals surface area contributed by atoms with E-state index in [1.165, 1.54) is 4.90 Å². The molecule has 1 saturated heterocycles. The number of likely N-dealkylation sites (tertiary alicyclic amines) is 1. The fraction of sp³-hybridized carbons (Fsp3) is 0.500. The quantitative estimate of drug-likeness (QED) is 0.565. The van der Waals surface area contributed by atoms with Gasteiger partial charge in [-0.3, -0.25) is 14.6 Å². The van der Waals surface area contributed by atoms with Gasteiger partial charge in [0, 0.05) is 36.7 Å². The third kappa shape index (κ3) is 4.77. The van der Waals surface area contributed by atoms with E-state index in [-0.39, 0.29) is 31.3 Å². The van der Waals surface area contributed by atoms with Crippen LogP contribution in [0.2, 0.25) is 0 Å². The molecule has 9 nitrogen and oxygen atoms in total. The van der Waals surface area contributed by atoms with Gasteiger partial charge in [-0.15, -0.1) is 5.10 Å². The van der Waals surface area contributed by atoms with Gasteiger partial charge < -0.3 is 15.3 Å². The maximum absolute atomic E-state index is 13.8. The topological polar surface area (TPSA) is 113 Å². The van der Waals surface area contributed by atoms with Crippen LogP contribution in [0, 0.1) is 5.41 Å². The standard InChI is InChI=1S/C26H32N6O3/c1-26(2,3)23(32-15-21(29-30-32)17-8-9-17)25(35)31-14-18(33)12-22(31)24(34)28-13-20-19-7-5-4-6-16(19)10-11-27-20/h4-7,10-11,15,17-18,22-23,33H,8-9,12-14H2,1-3H3,(H,28,34)/t18?,22?,23-/m1/s1. The van der Waals surface area contributed by atoms with Crippen LogP contribution in [0.1, 0.15) is 63.4 Å². The van der Waals surface area contributed by atoms with E-state index in [0.29, 0.717) is 5.92 Å². The van der Waals surface area contributed by atoms with Gasteiger partial charge in [0.05, 0.1) is 24.0 Å². The molecule has 5 rings (SSSR count). The molecule has 2 amide bonds. The average Bonchev–Trinajstić information content (AvgIpc) is 3.43. The van der Waals surface area contributed by atoms with Crippen LogP contribution in [-0.4, -0.2) is 60.5 Å². The Morgan fingerprint density at radius 1 is 1.20 bits per heavy atom. The summed E-state index contributed by atoms with van der Waals surface area (Å²) >= 11 is 0. The summed E-state index contributed by atoms with van der Waals surface area (Å²) in [5.74, 6) is -0.103. The van der Waals surface area contributed by atoms with Crippen molar-refractivity contribution in [2.24, 2.45) is 5.41 Å². The van der Waals surface area contributed by atoms with Gasteiger partial charge in [-0.25, -0.2) is 4.68 Å². The van der Waals surface area contributed by atoms with E-state index in [1.54, 1.807) is 10.9 Å². The molecule has 1 aromatic carbocycles. The molecule has 1 saturated carbocycles. The van der Waals surface area contributed by atoms with Gasteiger partial charge in [0.25, 0.3) is 0 Å². The first kappa shape index (κ1) is 23.4. The summed E-state index contributed by atoms with van der Waals surface area (Å²) in [4.78, 5) is 33.0. The smallest absolute Gasteiger partial charge is 0.248 e. The zero-order valence-corrected chi connectivity index (χ0v) is 20.4. The predicted octanol–water partition coefficient (Wildman–Crippen LogP) is 2.57. The Morgan fingerprint density at radius 2 is 1.97 bits per heavy atom. The molecule has 2 unspecified atom stereocenters. The van der Waals surface area contributed by atoms with Crippen LogP contribution >= 0.6 is 0 Å². The van der Waals surface area contributed by atoms with Gasteiger partial charge in [-0.05, 0) is 29.7 Å². The van der Waals surface area contributed by atoms with Crippen molar-refractivity contribution >= 4 is 22.6 Å². The Bertz CT molecular complexity index is 1240. The predicted molar refractivity (Wildman–Crippen MR) is 130 cm³/mol. The largest absolute Gasteiger partial charge is 0.391 e. The lowest BCUT2D eigenvalue weighted by Gasteiger charge is -2.34. The number of nitrogens with one attached hydrogen (secondary N) is 1. The summed E-state index contributed by atoms with van der Waals surface area (Å²) in [5.41, 5.74) is 1.20. The van der Waals surface area contributed by atoms with Gasteiger partial charge in [-0.1, -0.05) is 50.3 Å². The summed E-state index contributed by atoms with van der Waals surface area (Å²) in [6.07, 6.45) is 5.21. The van der Waals surface area contributed by atoms with E-state index in [0.717, 1.165) is 35.0 Å². The van der Waals surface area contributed by atoms with Crippen LogP contribution in [0.5, 0.6) is 0 Å². The minimum absolute atomic E-state index is 0.111. The molecule has 35 heavy (non-hydrogen) atoms. The number of aliphatic hydroxyl groups is 1. The van der Waals surface area contributed by atoms with Crippen LogP contribution in [-0.2, 0) is 16.1 Å². The molecule has 2 fully saturated rings. The molecule has 3 heterocycles. The van der Waals surface area contributed by atoms with E-state index in [1.807, 2.05) is 57.3 Å². The molecule has 3 aromatic rings. The highest BCUT2D eigenvalue weighted by atomic mass is 16.3. The van der Waals surface area contributed by atoms with Crippen molar-refractivity contribution in [2.45, 2.75) is 70.7 Å². The number of fused-ring (bicyclic) bond motifs is 1. The molecule has 184 valence electrons. The number of nitrogens with zero attached hydrogens (tertiary/aromatic N) is 5. The van der Waals surface area contributed by atoms with Crippen molar-refractivity contribution < 1.29 is 14.7 Å². The second-order valence-electron chi connectivity index (χ2n) is 10.8. The zero-order valence-electron chi connectivity index (χ0n) is 20.4. The molecule has 0 spiro atoms. The maximum atomic E-state index is 13.8. The summed E-state index contributed by atoms with van der Waals surface area (Å²) in [7, 11) is 0. The summed E-state index contributed by atoms with van der Waals surface area (Å²) in [6.45, 7) is 6.27. The molecule has 0 radical (unpaired) electrons. The second-order valence-corrected chi connectivity index (χ2v) is 10.8. The third-order valence-corrected chi connectivity index (χ3v) is 6.89. The highest BCUT2D eigenvalue weighted by molar-refractivity contribution is 5.90. The van der Waals surface area contributed by atoms with Crippen LogP contribution in [0.3, 0.4) is 0 Å². The van der Waals surface area contributed by atoms with Crippen molar-refractivity contribution in [3.05, 3.63) is 54.1 Å². The second kappa shape index (κ2) is 9.03. The number of amides is 2. The van der Waals surface area contributed by atoms with Gasteiger partial charge in [0.1, 0.15) is 12.1 Å². The number of aromatic nitrogens is 4. The Balaban J connectivity index is 1.34.